The van der Waals surface area contributed by atoms with Gasteiger partial charge in [0.2, 0.25) is 0 Å². The van der Waals surface area contributed by atoms with Crippen molar-refractivity contribution in [2.45, 2.75) is 39.4 Å². The third-order valence-electron chi connectivity index (χ3n) is 2.76. The summed E-state index contributed by atoms with van der Waals surface area (Å²) >= 11 is 0. The lowest BCUT2D eigenvalue weighted by molar-refractivity contribution is -0.152. The fourth-order valence-corrected chi connectivity index (χ4v) is 2.53. The summed E-state index contributed by atoms with van der Waals surface area (Å²) in [6, 6.07) is 0. The zero-order valence-corrected chi connectivity index (χ0v) is 11.2. The number of allylic oxidation sites excluding steroid dienone is 1. The number of ether oxygens (including phenoxy) is 1. The van der Waals surface area contributed by atoms with Crippen molar-refractivity contribution in [1.29, 1.82) is 0 Å². The van der Waals surface area contributed by atoms with Gasteiger partial charge in [-0.1, -0.05) is 31.4 Å². The minimum Gasteiger partial charge on any atom is -0.466 e. The quantitative estimate of drug-likeness (QED) is 0.544. The van der Waals surface area contributed by atoms with Crippen molar-refractivity contribution in [1.82, 2.24) is 0 Å². The van der Waals surface area contributed by atoms with Crippen LogP contribution in [-0.4, -0.2) is 20.7 Å². The van der Waals surface area contributed by atoms with E-state index in [1.54, 1.807) is 0 Å². The highest BCUT2D eigenvalue weighted by Gasteiger charge is 2.35. The first-order valence-electron chi connectivity index (χ1n) is 5.80. The first-order valence-corrected chi connectivity index (χ1v) is 9.38. The molecule has 0 aliphatic heterocycles. The van der Waals surface area contributed by atoms with Gasteiger partial charge in [0, 0.05) is 0 Å². The third-order valence-corrected chi connectivity index (χ3v) is 3.95. The maximum absolute atomic E-state index is 11.5. The van der Waals surface area contributed by atoms with E-state index >= 15 is 0 Å². The van der Waals surface area contributed by atoms with Crippen LogP contribution in [0.5, 0.6) is 0 Å². The van der Waals surface area contributed by atoms with Gasteiger partial charge in [-0.3, -0.25) is 4.79 Å². The number of carbonyl (C=O) groups is 1. The molecule has 0 heterocycles. The van der Waals surface area contributed by atoms with E-state index in [2.05, 4.69) is 31.4 Å². The standard InChI is InChI=1S/C12H22O2Si/c1-5-14-12(13)11-7-6-10(11)8-9-15(2,3)4/h8-11H,5-7H2,1-4H3/b9-8+/t10-,11-/m1/s1. The van der Waals surface area contributed by atoms with Crippen LogP contribution >= 0.6 is 0 Å². The molecule has 1 aliphatic rings. The molecule has 0 amide bonds. The molecule has 1 saturated carbocycles. The molecule has 0 spiro atoms. The molecule has 0 saturated heterocycles. The van der Waals surface area contributed by atoms with Crippen LogP contribution in [0.15, 0.2) is 11.8 Å². The van der Waals surface area contributed by atoms with E-state index in [1.165, 1.54) is 0 Å². The van der Waals surface area contributed by atoms with Gasteiger partial charge in [-0.2, -0.15) is 0 Å². The van der Waals surface area contributed by atoms with Crippen molar-refractivity contribution < 1.29 is 9.53 Å². The van der Waals surface area contributed by atoms with Crippen LogP contribution in [0.25, 0.3) is 0 Å². The Kier molecular flexibility index (Phi) is 4.14. The zero-order chi connectivity index (χ0) is 11.5. The van der Waals surface area contributed by atoms with Crippen molar-refractivity contribution in [3.05, 3.63) is 11.8 Å². The third kappa shape index (κ3) is 3.82. The Morgan fingerprint density at radius 1 is 1.40 bits per heavy atom. The number of carbonyl (C=O) groups excluding carboxylic acids is 1. The molecule has 0 unspecified atom stereocenters. The Bertz CT molecular complexity index is 253. The SMILES string of the molecule is CCOC(=O)[C@@H]1CC[C@@H]1/C=C/[Si](C)(C)C. The van der Waals surface area contributed by atoms with Crippen LogP contribution in [0.2, 0.25) is 19.6 Å². The molecule has 2 atom stereocenters. The Morgan fingerprint density at radius 2 is 2.07 bits per heavy atom. The lowest BCUT2D eigenvalue weighted by Crippen LogP contribution is -2.33. The molecule has 0 bridgehead atoms. The van der Waals surface area contributed by atoms with Crippen LogP contribution in [0.3, 0.4) is 0 Å². The van der Waals surface area contributed by atoms with Gasteiger partial charge in [0.25, 0.3) is 0 Å². The molecular weight excluding hydrogens is 204 g/mol. The minimum absolute atomic E-state index is 0.00558. The van der Waals surface area contributed by atoms with Gasteiger partial charge in [-0.05, 0) is 25.7 Å². The predicted molar refractivity (Wildman–Crippen MR) is 65.3 cm³/mol. The Labute approximate surface area is 93.7 Å². The fourth-order valence-electron chi connectivity index (χ4n) is 1.71. The average molecular weight is 226 g/mol. The molecule has 1 aliphatic carbocycles. The van der Waals surface area contributed by atoms with Crippen molar-refractivity contribution in [2.24, 2.45) is 11.8 Å². The number of hydrogen-bond acceptors (Lipinski definition) is 2. The summed E-state index contributed by atoms with van der Waals surface area (Å²) in [6.45, 7) is 9.29. The molecule has 15 heavy (non-hydrogen) atoms. The summed E-state index contributed by atoms with van der Waals surface area (Å²) in [5, 5.41) is 0. The van der Waals surface area contributed by atoms with E-state index in [4.69, 9.17) is 4.74 Å². The topological polar surface area (TPSA) is 26.3 Å². The summed E-state index contributed by atoms with van der Waals surface area (Å²) < 4.78 is 5.05. The number of esters is 1. The smallest absolute Gasteiger partial charge is 0.309 e. The molecule has 0 aromatic rings. The minimum atomic E-state index is -1.12. The molecule has 3 heteroatoms. The molecule has 0 N–H and O–H groups in total. The van der Waals surface area contributed by atoms with Crippen LogP contribution in [-0.2, 0) is 9.53 Å². The van der Waals surface area contributed by atoms with Gasteiger partial charge in [0.05, 0.1) is 20.6 Å². The van der Waals surface area contributed by atoms with Gasteiger partial charge >= 0.3 is 5.97 Å². The molecule has 0 aromatic carbocycles. The predicted octanol–water partition coefficient (Wildman–Crippen LogP) is 3.01. The molecule has 0 radical (unpaired) electrons. The van der Waals surface area contributed by atoms with Crippen LogP contribution in [0.1, 0.15) is 19.8 Å². The monoisotopic (exact) mass is 226 g/mol. The highest BCUT2D eigenvalue weighted by atomic mass is 28.3. The van der Waals surface area contributed by atoms with Gasteiger partial charge < -0.3 is 4.74 Å². The summed E-state index contributed by atoms with van der Waals surface area (Å²) in [5.74, 6) is 0.572. The van der Waals surface area contributed by atoms with Gasteiger partial charge in [-0.25, -0.2) is 0 Å². The van der Waals surface area contributed by atoms with E-state index in [0.717, 1.165) is 12.8 Å². The lowest BCUT2D eigenvalue weighted by atomic mass is 9.74. The highest BCUT2D eigenvalue weighted by molar-refractivity contribution is 6.80. The second kappa shape index (κ2) is 4.97. The van der Waals surface area contributed by atoms with Gasteiger partial charge in [0.15, 0.2) is 0 Å². The summed E-state index contributed by atoms with van der Waals surface area (Å²) in [5.41, 5.74) is 2.34. The van der Waals surface area contributed by atoms with Crippen LogP contribution in [0.4, 0.5) is 0 Å². The molecule has 86 valence electrons. The second-order valence-electron chi connectivity index (χ2n) is 5.32. The van der Waals surface area contributed by atoms with Crippen molar-refractivity contribution in [3.8, 4) is 0 Å². The molecule has 1 rings (SSSR count). The largest absolute Gasteiger partial charge is 0.466 e. The molecular formula is C12H22O2Si. The van der Waals surface area contributed by atoms with E-state index < -0.39 is 8.07 Å². The highest BCUT2D eigenvalue weighted by Crippen LogP contribution is 2.36. The van der Waals surface area contributed by atoms with Crippen LogP contribution < -0.4 is 0 Å². The molecule has 1 fully saturated rings. The molecule has 2 nitrogen and oxygen atoms in total. The normalized spacial score (nSPS) is 26.4. The first-order chi connectivity index (χ1) is 6.94. The fraction of sp³-hybridized carbons (Fsp3) is 0.750. The van der Waals surface area contributed by atoms with Crippen molar-refractivity contribution in [3.63, 3.8) is 0 Å². The van der Waals surface area contributed by atoms with E-state index in [9.17, 15) is 4.79 Å². The van der Waals surface area contributed by atoms with E-state index in [1.807, 2.05) is 6.92 Å². The Morgan fingerprint density at radius 3 is 2.47 bits per heavy atom. The Hall–Kier alpha value is -0.573. The van der Waals surface area contributed by atoms with Crippen LogP contribution in [0, 0.1) is 11.8 Å². The summed E-state index contributed by atoms with van der Waals surface area (Å²) in [7, 11) is -1.12. The van der Waals surface area contributed by atoms with E-state index in [-0.39, 0.29) is 11.9 Å². The van der Waals surface area contributed by atoms with Gasteiger partial charge in [0.1, 0.15) is 0 Å². The average Bonchev–Trinajstić information content (AvgIpc) is 2.00. The maximum Gasteiger partial charge on any atom is 0.309 e. The zero-order valence-electron chi connectivity index (χ0n) is 10.2. The number of rotatable bonds is 4. The first kappa shape index (κ1) is 12.5. The van der Waals surface area contributed by atoms with Gasteiger partial charge in [-0.15, -0.1) is 0 Å². The van der Waals surface area contributed by atoms with Crippen molar-refractivity contribution in [2.75, 3.05) is 6.61 Å². The Balaban J connectivity index is 2.45. The maximum atomic E-state index is 11.5. The van der Waals surface area contributed by atoms with Crippen molar-refractivity contribution >= 4 is 14.0 Å². The summed E-state index contributed by atoms with van der Waals surface area (Å²) in [6.07, 6.45) is 4.39. The molecule has 0 aromatic heterocycles. The number of hydrogen-bond donors (Lipinski definition) is 0. The lowest BCUT2D eigenvalue weighted by Gasteiger charge is -2.32. The second-order valence-corrected chi connectivity index (χ2v) is 10.4. The summed E-state index contributed by atoms with van der Waals surface area (Å²) in [4.78, 5) is 11.5. The van der Waals surface area contributed by atoms with E-state index in [0.29, 0.717) is 12.5 Å².